The molecule has 0 aromatic heterocycles. The zero-order valence-electron chi connectivity index (χ0n) is 15.9. The lowest BCUT2D eigenvalue weighted by atomic mass is 9.75. The van der Waals surface area contributed by atoms with E-state index in [1.54, 1.807) is 0 Å². The average molecular weight is 378 g/mol. The first-order valence-corrected chi connectivity index (χ1v) is 11.0. The predicted octanol–water partition coefficient (Wildman–Crippen LogP) is 1.91. The van der Waals surface area contributed by atoms with Gasteiger partial charge in [-0.25, -0.2) is 8.42 Å². The Kier molecular flexibility index (Phi) is 3.96. The Morgan fingerprint density at radius 3 is 2.12 bits per heavy atom. The summed E-state index contributed by atoms with van der Waals surface area (Å²) >= 11 is 0. The van der Waals surface area contributed by atoms with Gasteiger partial charge >= 0.3 is 7.12 Å². The maximum atomic E-state index is 12.4. The van der Waals surface area contributed by atoms with Gasteiger partial charge in [0.05, 0.1) is 27.3 Å². The van der Waals surface area contributed by atoms with Crippen molar-refractivity contribution in [1.29, 1.82) is 0 Å². The number of hydrogen-bond acceptors (Lipinski definition) is 5. The minimum atomic E-state index is -3.07. The van der Waals surface area contributed by atoms with Crippen molar-refractivity contribution in [3.63, 3.8) is 0 Å². The molecule has 142 valence electrons. The molecule has 1 aromatic rings. The molecular weight excluding hydrogens is 351 g/mol. The highest BCUT2D eigenvalue weighted by molar-refractivity contribution is 7.93. The zero-order chi connectivity index (χ0) is 19.0. The van der Waals surface area contributed by atoms with Gasteiger partial charge in [0.1, 0.15) is 0 Å². The maximum Gasteiger partial charge on any atom is 0.494 e. The highest BCUT2D eigenvalue weighted by Gasteiger charge is 2.54. The van der Waals surface area contributed by atoms with Gasteiger partial charge in [0.2, 0.25) is 0 Å². The molecule has 26 heavy (non-hydrogen) atoms. The van der Waals surface area contributed by atoms with Gasteiger partial charge in [-0.1, -0.05) is 24.3 Å². The molecule has 3 heterocycles. The molecule has 0 amide bonds. The van der Waals surface area contributed by atoms with Crippen LogP contribution >= 0.6 is 0 Å². The van der Waals surface area contributed by atoms with E-state index in [0.29, 0.717) is 12.8 Å². The minimum Gasteiger partial charge on any atom is -0.399 e. The molecule has 3 aliphatic rings. The van der Waals surface area contributed by atoms with E-state index in [1.807, 2.05) is 52.0 Å². The first-order valence-electron chi connectivity index (χ1n) is 9.36. The highest BCUT2D eigenvalue weighted by atomic mass is 32.2. The van der Waals surface area contributed by atoms with Crippen LogP contribution < -0.4 is 5.46 Å². The Morgan fingerprint density at radius 2 is 1.58 bits per heavy atom. The second kappa shape index (κ2) is 5.57. The molecule has 5 nitrogen and oxygen atoms in total. The van der Waals surface area contributed by atoms with Crippen molar-refractivity contribution in [3.05, 3.63) is 29.8 Å². The van der Waals surface area contributed by atoms with Crippen molar-refractivity contribution in [2.45, 2.75) is 80.7 Å². The van der Waals surface area contributed by atoms with Crippen LogP contribution in [0.2, 0.25) is 0 Å². The molecule has 1 aromatic carbocycles. The topological polar surface area (TPSA) is 72.8 Å². The molecule has 0 radical (unpaired) electrons. The van der Waals surface area contributed by atoms with E-state index in [2.05, 4.69) is 0 Å². The molecule has 7 heteroatoms. The van der Waals surface area contributed by atoms with Crippen molar-refractivity contribution in [3.8, 4) is 0 Å². The van der Waals surface area contributed by atoms with Gasteiger partial charge in [-0.3, -0.25) is 0 Å². The second-order valence-electron chi connectivity index (χ2n) is 9.06. The summed E-state index contributed by atoms with van der Waals surface area (Å²) in [5.41, 5.74) is -0.339. The quantitative estimate of drug-likeness (QED) is 0.796. The third-order valence-electron chi connectivity index (χ3n) is 6.82. The second-order valence-corrected chi connectivity index (χ2v) is 11.6. The van der Waals surface area contributed by atoms with Crippen LogP contribution in [0.5, 0.6) is 0 Å². The third-order valence-corrected chi connectivity index (χ3v) is 9.48. The van der Waals surface area contributed by atoms with Crippen LogP contribution in [0.1, 0.15) is 58.9 Å². The van der Waals surface area contributed by atoms with E-state index in [-0.39, 0.29) is 12.8 Å². The van der Waals surface area contributed by atoms with E-state index >= 15 is 0 Å². The Morgan fingerprint density at radius 1 is 1.04 bits per heavy atom. The van der Waals surface area contributed by atoms with Crippen molar-refractivity contribution < 1.29 is 22.8 Å². The molecule has 2 bridgehead atoms. The molecule has 2 unspecified atom stereocenters. The van der Waals surface area contributed by atoms with Gasteiger partial charge in [-0.15, -0.1) is 0 Å². The molecule has 3 fully saturated rings. The van der Waals surface area contributed by atoms with Gasteiger partial charge in [-0.05, 0) is 64.4 Å². The van der Waals surface area contributed by atoms with Gasteiger partial charge in [0.25, 0.3) is 0 Å². The van der Waals surface area contributed by atoms with Crippen LogP contribution in [0.4, 0.5) is 0 Å². The Balaban J connectivity index is 1.63. The average Bonchev–Trinajstić information content (AvgIpc) is 2.84. The number of benzene rings is 1. The normalized spacial score (nSPS) is 37.0. The van der Waals surface area contributed by atoms with Crippen LogP contribution in [0.15, 0.2) is 24.3 Å². The monoisotopic (exact) mass is 378 g/mol. The van der Waals surface area contributed by atoms with Crippen molar-refractivity contribution in [2.24, 2.45) is 0 Å². The fraction of sp³-hybridized carbons (Fsp3) is 0.684. The molecule has 0 saturated carbocycles. The highest BCUT2D eigenvalue weighted by Crippen LogP contribution is 2.47. The standard InChI is InChI=1S/C19H27BO5S/c1-17(2)18(3,4)25-20(24-17)14-7-5-6-13(10-14)19(21)11-15-8-9-16(12-19)26(15,22)23/h5-7,10,15-16,21H,8-9,11-12H2,1-4H3. The van der Waals surface area contributed by atoms with E-state index < -0.39 is 44.3 Å². The number of hydrogen-bond donors (Lipinski definition) is 1. The van der Waals surface area contributed by atoms with Crippen LogP contribution in [-0.2, 0) is 24.7 Å². The summed E-state index contributed by atoms with van der Waals surface area (Å²) in [5, 5.41) is 10.4. The predicted molar refractivity (Wildman–Crippen MR) is 101 cm³/mol. The molecule has 3 aliphatic heterocycles. The molecule has 4 rings (SSSR count). The summed E-state index contributed by atoms with van der Waals surface area (Å²) in [6.07, 6.45) is 1.87. The summed E-state index contributed by atoms with van der Waals surface area (Å²) in [7, 11) is -3.57. The summed E-state index contributed by atoms with van der Waals surface area (Å²) in [4.78, 5) is 0. The lowest BCUT2D eigenvalue weighted by Crippen LogP contribution is -2.44. The number of sulfone groups is 1. The first kappa shape index (κ1) is 18.5. The summed E-state index contributed by atoms with van der Waals surface area (Å²) in [6, 6.07) is 7.62. The molecule has 1 N–H and O–H groups in total. The van der Waals surface area contributed by atoms with Crippen molar-refractivity contribution in [1.82, 2.24) is 0 Å². The SMILES string of the molecule is CC1(C)OB(c2cccc(C3(O)CC4CCC(C3)S4(=O)=O)c2)OC1(C)C. The van der Waals surface area contributed by atoms with E-state index in [9.17, 15) is 13.5 Å². The van der Waals surface area contributed by atoms with Gasteiger partial charge in [0, 0.05) is 0 Å². The fourth-order valence-electron chi connectivity index (χ4n) is 4.44. The largest absolute Gasteiger partial charge is 0.494 e. The summed E-state index contributed by atoms with van der Waals surface area (Å²) < 4.78 is 37.0. The van der Waals surface area contributed by atoms with Crippen molar-refractivity contribution >= 4 is 22.4 Å². The van der Waals surface area contributed by atoms with Crippen LogP contribution in [0.3, 0.4) is 0 Å². The Labute approximate surface area is 156 Å². The van der Waals surface area contributed by atoms with Gasteiger partial charge in [-0.2, -0.15) is 0 Å². The maximum absolute atomic E-state index is 12.4. The number of fused-ring (bicyclic) bond motifs is 2. The van der Waals surface area contributed by atoms with Crippen molar-refractivity contribution in [2.75, 3.05) is 0 Å². The molecule has 2 atom stereocenters. The number of aliphatic hydroxyl groups is 1. The van der Waals surface area contributed by atoms with E-state index in [0.717, 1.165) is 11.0 Å². The molecular formula is C19H27BO5S. The zero-order valence-corrected chi connectivity index (χ0v) is 16.7. The van der Waals surface area contributed by atoms with Crippen LogP contribution in [-0.4, -0.2) is 42.3 Å². The van der Waals surface area contributed by atoms with E-state index in [4.69, 9.17) is 9.31 Å². The summed E-state index contributed by atoms with van der Waals surface area (Å²) in [6.45, 7) is 8.03. The molecule has 0 aliphatic carbocycles. The third kappa shape index (κ3) is 2.67. The fourth-order valence-corrected chi connectivity index (χ4v) is 6.92. The lowest BCUT2D eigenvalue weighted by Gasteiger charge is -2.36. The number of rotatable bonds is 2. The molecule has 3 saturated heterocycles. The van der Waals surface area contributed by atoms with Crippen LogP contribution in [0, 0.1) is 0 Å². The minimum absolute atomic E-state index is 0.276. The lowest BCUT2D eigenvalue weighted by molar-refractivity contribution is 0.00578. The van der Waals surface area contributed by atoms with Crippen LogP contribution in [0.25, 0.3) is 0 Å². The van der Waals surface area contributed by atoms with Gasteiger partial charge in [0.15, 0.2) is 9.84 Å². The first-order chi connectivity index (χ1) is 11.9. The van der Waals surface area contributed by atoms with Gasteiger partial charge < -0.3 is 14.4 Å². The summed E-state index contributed by atoms with van der Waals surface area (Å²) in [5.74, 6) is 0. The Hall–Kier alpha value is -0.885. The smallest absolute Gasteiger partial charge is 0.399 e. The Bertz CT molecular complexity index is 796. The molecule has 0 spiro atoms. The van der Waals surface area contributed by atoms with E-state index in [1.165, 1.54) is 0 Å².